The third-order valence-electron chi connectivity index (χ3n) is 0.234. The molecule has 0 heterocycles. The van der Waals surface area contributed by atoms with Crippen LogP contribution in [0.15, 0.2) is 12.8 Å². The molecule has 0 fully saturated rings. The van der Waals surface area contributed by atoms with Crippen LogP contribution >= 0.6 is 0 Å². The van der Waals surface area contributed by atoms with Crippen molar-refractivity contribution in [2.24, 2.45) is 0 Å². The number of rotatable bonds is 2. The lowest BCUT2D eigenvalue weighted by molar-refractivity contribution is -0.235. The topological polar surface area (TPSA) is 35.5 Å². The van der Waals surface area contributed by atoms with Crippen LogP contribution in [0.4, 0.5) is 0 Å². The maximum Gasteiger partial charge on any atom is 0.352 e. The van der Waals surface area contributed by atoms with Crippen LogP contribution in [-0.2, 0) is 14.6 Å². The van der Waals surface area contributed by atoms with Gasteiger partial charge in [0.25, 0.3) is 0 Å². The van der Waals surface area contributed by atoms with Crippen molar-refractivity contribution in [2.45, 2.75) is 6.92 Å². The second kappa shape index (κ2) is 6.54. The molecule has 0 radical (unpaired) electrons. The Morgan fingerprint density at radius 2 is 2.25 bits per heavy atom. The third kappa shape index (κ3) is 9.11. The molecule has 46 valence electrons. The molecule has 0 aromatic carbocycles. The standard InChI is InChI=1S/C4H6O3.Al.3H/c1-3-6-7-4(2)5;;;;/h3H,1H2,2H3;;;;. The highest BCUT2D eigenvalue weighted by Gasteiger charge is 1.85. The van der Waals surface area contributed by atoms with Crippen molar-refractivity contribution >= 4 is 23.3 Å². The zero-order chi connectivity index (χ0) is 5.70. The fourth-order valence-corrected chi connectivity index (χ4v) is 0.102. The average molecular weight is 132 g/mol. The van der Waals surface area contributed by atoms with Crippen LogP contribution in [0.25, 0.3) is 0 Å². The summed E-state index contributed by atoms with van der Waals surface area (Å²) in [7, 11) is 0. The van der Waals surface area contributed by atoms with Crippen LogP contribution in [0, 0.1) is 0 Å². The predicted molar refractivity (Wildman–Crippen MR) is 33.0 cm³/mol. The molecule has 8 heavy (non-hydrogen) atoms. The van der Waals surface area contributed by atoms with Crippen molar-refractivity contribution in [1.82, 2.24) is 0 Å². The fourth-order valence-electron chi connectivity index (χ4n) is 0.102. The molecular weight excluding hydrogens is 123 g/mol. The van der Waals surface area contributed by atoms with Gasteiger partial charge in [-0.05, 0) is 0 Å². The van der Waals surface area contributed by atoms with Crippen molar-refractivity contribution in [3.63, 3.8) is 0 Å². The van der Waals surface area contributed by atoms with Crippen LogP contribution in [0.5, 0.6) is 0 Å². The van der Waals surface area contributed by atoms with E-state index in [1.165, 1.54) is 6.92 Å². The Kier molecular flexibility index (Phi) is 8.59. The summed E-state index contributed by atoms with van der Waals surface area (Å²) in [5.41, 5.74) is 0. The fraction of sp³-hybridized carbons (Fsp3) is 0.250. The van der Waals surface area contributed by atoms with Gasteiger partial charge in [0, 0.05) is 6.92 Å². The van der Waals surface area contributed by atoms with Crippen LogP contribution in [-0.4, -0.2) is 23.3 Å². The lowest BCUT2D eigenvalue weighted by atomic mass is 10.8. The summed E-state index contributed by atoms with van der Waals surface area (Å²) in [5.74, 6) is -0.486. The van der Waals surface area contributed by atoms with Crippen LogP contribution in [0.1, 0.15) is 6.92 Å². The van der Waals surface area contributed by atoms with E-state index in [9.17, 15) is 4.79 Å². The van der Waals surface area contributed by atoms with Crippen molar-refractivity contribution in [3.05, 3.63) is 12.8 Å². The molecule has 0 atom stereocenters. The first-order valence-electron chi connectivity index (χ1n) is 1.72. The number of hydrogen-bond donors (Lipinski definition) is 0. The summed E-state index contributed by atoms with van der Waals surface area (Å²) in [6, 6.07) is 0. The molecule has 0 N–H and O–H groups in total. The highest BCUT2D eigenvalue weighted by Crippen LogP contribution is 1.76. The van der Waals surface area contributed by atoms with Crippen LogP contribution in [0.3, 0.4) is 0 Å². The highest BCUT2D eigenvalue weighted by molar-refractivity contribution is 5.75. The van der Waals surface area contributed by atoms with Crippen molar-refractivity contribution < 1.29 is 14.6 Å². The van der Waals surface area contributed by atoms with Gasteiger partial charge in [-0.25, -0.2) is 4.79 Å². The number of carbonyl (C=O) groups excluding carboxylic acids is 1. The van der Waals surface area contributed by atoms with Crippen molar-refractivity contribution in [1.29, 1.82) is 0 Å². The smallest absolute Gasteiger partial charge is 0.296 e. The average Bonchev–Trinajstić information content (AvgIpc) is 1.61. The van der Waals surface area contributed by atoms with E-state index in [2.05, 4.69) is 16.4 Å². The minimum Gasteiger partial charge on any atom is -0.296 e. The quantitative estimate of drug-likeness (QED) is 0.219. The van der Waals surface area contributed by atoms with E-state index in [-0.39, 0.29) is 17.4 Å². The Hall–Kier alpha value is -0.458. The van der Waals surface area contributed by atoms with Gasteiger partial charge in [-0.15, -0.1) is 0 Å². The van der Waals surface area contributed by atoms with Gasteiger partial charge in [0.1, 0.15) is 6.26 Å². The Balaban J connectivity index is 0. The molecule has 0 saturated heterocycles. The minimum atomic E-state index is -0.486. The van der Waals surface area contributed by atoms with Gasteiger partial charge in [-0.2, -0.15) is 0 Å². The van der Waals surface area contributed by atoms with E-state index in [4.69, 9.17) is 0 Å². The van der Waals surface area contributed by atoms with Gasteiger partial charge in [-0.1, -0.05) is 6.58 Å². The van der Waals surface area contributed by atoms with Crippen LogP contribution in [0.2, 0.25) is 0 Å². The molecule has 3 nitrogen and oxygen atoms in total. The van der Waals surface area contributed by atoms with E-state index in [0.717, 1.165) is 6.26 Å². The molecule has 0 rings (SSSR count). The van der Waals surface area contributed by atoms with E-state index in [0.29, 0.717) is 0 Å². The van der Waals surface area contributed by atoms with Crippen molar-refractivity contribution in [3.8, 4) is 0 Å². The molecule has 0 aliphatic carbocycles. The first-order chi connectivity index (χ1) is 3.27. The van der Waals surface area contributed by atoms with Gasteiger partial charge in [0.2, 0.25) is 0 Å². The Morgan fingerprint density at radius 3 is 2.38 bits per heavy atom. The van der Waals surface area contributed by atoms with Crippen LogP contribution < -0.4 is 0 Å². The SMILES string of the molecule is C=COOC(C)=O.[AlH3]. The first kappa shape index (κ1) is 10.5. The monoisotopic (exact) mass is 132 g/mol. The van der Waals surface area contributed by atoms with Gasteiger partial charge in [0.15, 0.2) is 17.4 Å². The molecule has 0 spiro atoms. The maximum absolute atomic E-state index is 9.81. The molecule has 0 aliphatic heterocycles. The molecular formula is C4H9AlO3. The second-order valence-corrected chi connectivity index (χ2v) is 0.838. The van der Waals surface area contributed by atoms with Gasteiger partial charge < -0.3 is 0 Å². The Labute approximate surface area is 58.3 Å². The molecule has 0 aromatic heterocycles. The molecule has 4 heteroatoms. The summed E-state index contributed by atoms with van der Waals surface area (Å²) in [6.07, 6.45) is 1.03. The van der Waals surface area contributed by atoms with Gasteiger partial charge in [-0.3, -0.25) is 9.78 Å². The van der Waals surface area contributed by atoms with E-state index in [1.807, 2.05) is 0 Å². The van der Waals surface area contributed by atoms with Gasteiger partial charge >= 0.3 is 5.97 Å². The summed E-state index contributed by atoms with van der Waals surface area (Å²) in [4.78, 5) is 17.8. The highest BCUT2D eigenvalue weighted by atomic mass is 27.0. The first-order valence-corrected chi connectivity index (χ1v) is 1.72. The number of hydrogen-bond acceptors (Lipinski definition) is 3. The van der Waals surface area contributed by atoms with E-state index >= 15 is 0 Å². The third-order valence-corrected chi connectivity index (χ3v) is 0.234. The molecule has 0 aliphatic rings. The number of carbonyl (C=O) groups is 1. The Bertz CT molecular complexity index is 81.4. The molecule has 0 unspecified atom stereocenters. The molecule has 0 saturated carbocycles. The second-order valence-electron chi connectivity index (χ2n) is 0.838. The summed E-state index contributed by atoms with van der Waals surface area (Å²) in [5, 5.41) is 0. The normalized spacial score (nSPS) is 6.12. The molecule has 0 amide bonds. The summed E-state index contributed by atoms with van der Waals surface area (Å²) in [6.45, 7) is 4.37. The largest absolute Gasteiger partial charge is 0.352 e. The maximum atomic E-state index is 9.81. The summed E-state index contributed by atoms with van der Waals surface area (Å²) >= 11 is 0. The Morgan fingerprint density at radius 1 is 1.75 bits per heavy atom. The van der Waals surface area contributed by atoms with Gasteiger partial charge in [0.05, 0.1) is 0 Å². The lowest BCUT2D eigenvalue weighted by Gasteiger charge is -1.90. The zero-order valence-electron chi connectivity index (χ0n) is 4.01. The van der Waals surface area contributed by atoms with E-state index in [1.54, 1.807) is 0 Å². The zero-order valence-corrected chi connectivity index (χ0v) is 4.01. The lowest BCUT2D eigenvalue weighted by Crippen LogP contribution is -1.94. The molecule has 0 bridgehead atoms. The predicted octanol–water partition coefficient (Wildman–Crippen LogP) is -0.559. The summed E-state index contributed by atoms with van der Waals surface area (Å²) < 4.78 is 0. The van der Waals surface area contributed by atoms with Crippen molar-refractivity contribution in [2.75, 3.05) is 0 Å². The minimum absolute atomic E-state index is 0. The van der Waals surface area contributed by atoms with E-state index < -0.39 is 5.97 Å². The molecule has 0 aromatic rings.